The lowest BCUT2D eigenvalue weighted by Crippen LogP contribution is -2.35. The Morgan fingerprint density at radius 3 is 2.29 bits per heavy atom. The number of halogens is 1. The second-order valence-electron chi connectivity index (χ2n) is 4.84. The van der Waals surface area contributed by atoms with Gasteiger partial charge in [0.1, 0.15) is 0 Å². The molecule has 0 aliphatic heterocycles. The molecule has 0 saturated heterocycles. The molecule has 1 fully saturated rings. The predicted molar refractivity (Wildman–Crippen MR) is 64.0 cm³/mol. The smallest absolute Gasteiger partial charge is 0.0261 e. The maximum absolute atomic E-state index is 5.84. The highest BCUT2D eigenvalue weighted by molar-refractivity contribution is 6.18. The third-order valence-electron chi connectivity index (χ3n) is 3.31. The van der Waals surface area contributed by atoms with Crippen LogP contribution in [0, 0.1) is 5.92 Å². The van der Waals surface area contributed by atoms with Crippen molar-refractivity contribution >= 4 is 11.6 Å². The lowest BCUT2D eigenvalue weighted by Gasteiger charge is -2.28. The number of nitrogens with zero attached hydrogens (tertiary/aromatic N) is 1. The first-order valence-electron chi connectivity index (χ1n) is 6.00. The summed E-state index contributed by atoms with van der Waals surface area (Å²) < 4.78 is 0. The van der Waals surface area contributed by atoms with Gasteiger partial charge in [-0.25, -0.2) is 0 Å². The van der Waals surface area contributed by atoms with Gasteiger partial charge in [0.25, 0.3) is 0 Å². The molecule has 0 N–H and O–H groups in total. The van der Waals surface area contributed by atoms with Crippen molar-refractivity contribution in [3.63, 3.8) is 0 Å². The van der Waals surface area contributed by atoms with E-state index in [1.165, 1.54) is 38.5 Å². The van der Waals surface area contributed by atoms with Crippen LogP contribution in [0.1, 0.15) is 45.4 Å². The molecule has 1 saturated carbocycles. The Balaban J connectivity index is 2.30. The minimum atomic E-state index is 0.630. The van der Waals surface area contributed by atoms with Gasteiger partial charge in [0.05, 0.1) is 0 Å². The van der Waals surface area contributed by atoms with Crippen LogP contribution in [0.15, 0.2) is 0 Å². The zero-order chi connectivity index (χ0) is 10.4. The largest absolute Gasteiger partial charge is 0.303 e. The van der Waals surface area contributed by atoms with E-state index in [0.717, 1.165) is 18.5 Å². The third kappa shape index (κ3) is 4.18. The topological polar surface area (TPSA) is 3.24 Å². The molecule has 14 heavy (non-hydrogen) atoms. The minimum absolute atomic E-state index is 0.630. The molecule has 1 aliphatic carbocycles. The first kappa shape index (κ1) is 12.3. The summed E-state index contributed by atoms with van der Waals surface area (Å²) in [6, 6.07) is 0.822. The van der Waals surface area contributed by atoms with Crippen molar-refractivity contribution in [2.45, 2.75) is 51.5 Å². The van der Waals surface area contributed by atoms with Crippen molar-refractivity contribution in [1.29, 1.82) is 0 Å². The maximum atomic E-state index is 5.84. The fourth-order valence-corrected chi connectivity index (χ4v) is 2.49. The monoisotopic (exact) mass is 217 g/mol. The fraction of sp³-hybridized carbons (Fsp3) is 1.00. The van der Waals surface area contributed by atoms with E-state index >= 15 is 0 Å². The first-order chi connectivity index (χ1) is 6.74. The number of hydrogen-bond donors (Lipinski definition) is 0. The summed E-state index contributed by atoms with van der Waals surface area (Å²) in [7, 11) is 2.26. The molecule has 0 aromatic rings. The van der Waals surface area contributed by atoms with E-state index in [1.54, 1.807) is 0 Å². The van der Waals surface area contributed by atoms with Crippen molar-refractivity contribution in [2.24, 2.45) is 5.92 Å². The zero-order valence-electron chi connectivity index (χ0n) is 9.64. The van der Waals surface area contributed by atoms with Crippen LogP contribution in [0.4, 0.5) is 0 Å². The molecule has 0 spiro atoms. The van der Waals surface area contributed by atoms with E-state index in [-0.39, 0.29) is 0 Å². The molecule has 0 aromatic heterocycles. The maximum Gasteiger partial charge on any atom is 0.0261 e. The Hall–Kier alpha value is 0.250. The summed E-state index contributed by atoms with van der Waals surface area (Å²) in [6.07, 6.45) is 8.51. The van der Waals surface area contributed by atoms with E-state index in [4.69, 9.17) is 11.6 Å². The second-order valence-corrected chi connectivity index (χ2v) is 5.15. The molecule has 0 bridgehead atoms. The molecule has 84 valence electrons. The van der Waals surface area contributed by atoms with Gasteiger partial charge in [0, 0.05) is 18.5 Å². The molecule has 0 heterocycles. The molecule has 1 unspecified atom stereocenters. The Kier molecular flexibility index (Phi) is 5.88. The average molecular weight is 218 g/mol. The van der Waals surface area contributed by atoms with Gasteiger partial charge in [-0.1, -0.05) is 32.6 Å². The summed E-state index contributed by atoms with van der Waals surface area (Å²) in [5.74, 6) is 1.42. The Morgan fingerprint density at radius 1 is 1.21 bits per heavy atom. The molecule has 2 heteroatoms. The Labute approximate surface area is 93.8 Å². The number of alkyl halides is 1. The van der Waals surface area contributed by atoms with Crippen LogP contribution in [-0.4, -0.2) is 30.4 Å². The Bertz CT molecular complexity index is 141. The lowest BCUT2D eigenvalue weighted by atomic mass is 10.1. The van der Waals surface area contributed by atoms with Gasteiger partial charge in [0.15, 0.2) is 0 Å². The molecule has 1 aliphatic rings. The van der Waals surface area contributed by atoms with Crippen molar-refractivity contribution < 1.29 is 0 Å². The molecule has 1 rings (SSSR count). The highest BCUT2D eigenvalue weighted by Gasteiger charge is 2.17. The van der Waals surface area contributed by atoms with E-state index in [1.807, 2.05) is 0 Å². The van der Waals surface area contributed by atoms with Gasteiger partial charge in [-0.15, -0.1) is 11.6 Å². The third-order valence-corrected chi connectivity index (χ3v) is 3.84. The molecule has 0 amide bonds. The summed E-state index contributed by atoms with van der Waals surface area (Å²) in [6.45, 7) is 3.40. The summed E-state index contributed by atoms with van der Waals surface area (Å²) in [5, 5.41) is 0. The van der Waals surface area contributed by atoms with Crippen LogP contribution in [0.25, 0.3) is 0 Å². The molecule has 0 radical (unpaired) electrons. The van der Waals surface area contributed by atoms with E-state index in [9.17, 15) is 0 Å². The van der Waals surface area contributed by atoms with Crippen molar-refractivity contribution in [3.05, 3.63) is 0 Å². The van der Waals surface area contributed by atoms with Gasteiger partial charge < -0.3 is 4.90 Å². The molecule has 0 aromatic carbocycles. The van der Waals surface area contributed by atoms with Gasteiger partial charge in [0.2, 0.25) is 0 Å². The van der Waals surface area contributed by atoms with Gasteiger partial charge in [-0.2, -0.15) is 0 Å². The van der Waals surface area contributed by atoms with Crippen LogP contribution in [0.5, 0.6) is 0 Å². The van der Waals surface area contributed by atoms with Crippen LogP contribution in [0.2, 0.25) is 0 Å². The first-order valence-corrected chi connectivity index (χ1v) is 6.53. The quantitative estimate of drug-likeness (QED) is 0.515. The van der Waals surface area contributed by atoms with Crippen LogP contribution in [-0.2, 0) is 0 Å². The highest BCUT2D eigenvalue weighted by atomic mass is 35.5. The van der Waals surface area contributed by atoms with Crippen LogP contribution >= 0.6 is 11.6 Å². The summed E-state index contributed by atoms with van der Waals surface area (Å²) >= 11 is 5.84. The standard InChI is InChI=1S/C12H24ClN/c1-11(9-13)10-14(2)12-7-5-3-4-6-8-12/h11-12H,3-10H2,1-2H3. The van der Waals surface area contributed by atoms with Gasteiger partial charge in [-0.3, -0.25) is 0 Å². The van der Waals surface area contributed by atoms with Gasteiger partial charge >= 0.3 is 0 Å². The lowest BCUT2D eigenvalue weighted by molar-refractivity contribution is 0.200. The summed E-state index contributed by atoms with van der Waals surface area (Å²) in [5.41, 5.74) is 0. The Morgan fingerprint density at radius 2 is 1.79 bits per heavy atom. The van der Waals surface area contributed by atoms with Crippen LogP contribution < -0.4 is 0 Å². The minimum Gasteiger partial charge on any atom is -0.303 e. The van der Waals surface area contributed by atoms with Crippen LogP contribution in [0.3, 0.4) is 0 Å². The number of rotatable bonds is 4. The SMILES string of the molecule is CC(CCl)CN(C)C1CCCCCC1. The normalized spacial score (nSPS) is 22.3. The van der Waals surface area contributed by atoms with Crippen molar-refractivity contribution in [1.82, 2.24) is 4.90 Å². The van der Waals surface area contributed by atoms with Gasteiger partial charge in [-0.05, 0) is 25.8 Å². The van der Waals surface area contributed by atoms with E-state index < -0.39 is 0 Å². The molecular formula is C12H24ClN. The molecule has 1 nitrogen and oxygen atoms in total. The van der Waals surface area contributed by atoms with E-state index in [2.05, 4.69) is 18.9 Å². The highest BCUT2D eigenvalue weighted by Crippen LogP contribution is 2.21. The number of hydrogen-bond acceptors (Lipinski definition) is 1. The fourth-order valence-electron chi connectivity index (χ4n) is 2.39. The van der Waals surface area contributed by atoms with E-state index in [0.29, 0.717) is 5.92 Å². The van der Waals surface area contributed by atoms with Crippen molar-refractivity contribution in [2.75, 3.05) is 19.5 Å². The molecular weight excluding hydrogens is 194 g/mol. The average Bonchev–Trinajstić information content (AvgIpc) is 2.45. The molecule has 1 atom stereocenters. The zero-order valence-corrected chi connectivity index (χ0v) is 10.4. The second kappa shape index (κ2) is 6.68. The summed E-state index contributed by atoms with van der Waals surface area (Å²) in [4.78, 5) is 2.53. The predicted octanol–water partition coefficient (Wildman–Crippen LogP) is 3.52. The van der Waals surface area contributed by atoms with Crippen molar-refractivity contribution in [3.8, 4) is 0 Å².